The zero-order chi connectivity index (χ0) is 15.1. The van der Waals surface area contributed by atoms with Crippen molar-refractivity contribution in [1.29, 1.82) is 0 Å². The van der Waals surface area contributed by atoms with Gasteiger partial charge in [-0.05, 0) is 56.5 Å². The number of hydrogen-bond acceptors (Lipinski definition) is 4. The number of aliphatic hydroxyl groups is 1. The monoisotopic (exact) mass is 292 g/mol. The van der Waals surface area contributed by atoms with Crippen LogP contribution in [-0.2, 0) is 11.3 Å². The van der Waals surface area contributed by atoms with E-state index in [0.717, 1.165) is 38.2 Å². The summed E-state index contributed by atoms with van der Waals surface area (Å²) in [4.78, 5) is 2.48. The summed E-state index contributed by atoms with van der Waals surface area (Å²) in [5, 5.41) is 12.7. The number of piperidine rings is 1. The van der Waals surface area contributed by atoms with Crippen LogP contribution in [0, 0.1) is 5.92 Å². The molecule has 1 heterocycles. The quantitative estimate of drug-likeness (QED) is 0.809. The van der Waals surface area contributed by atoms with Gasteiger partial charge in [0.1, 0.15) is 0 Å². The number of nitrogens with zero attached hydrogens (tertiary/aromatic N) is 1. The number of rotatable bonds is 7. The molecular weight excluding hydrogens is 264 g/mol. The first-order valence-corrected chi connectivity index (χ1v) is 7.89. The van der Waals surface area contributed by atoms with Gasteiger partial charge in [-0.2, -0.15) is 0 Å². The van der Waals surface area contributed by atoms with Crippen molar-refractivity contribution in [3.05, 3.63) is 29.8 Å². The van der Waals surface area contributed by atoms with Gasteiger partial charge in [-0.1, -0.05) is 12.1 Å². The van der Waals surface area contributed by atoms with Crippen molar-refractivity contribution in [1.82, 2.24) is 4.90 Å². The van der Waals surface area contributed by atoms with E-state index in [4.69, 9.17) is 4.74 Å². The maximum absolute atomic E-state index is 9.19. The molecule has 1 unspecified atom stereocenters. The second-order valence-electron chi connectivity index (χ2n) is 6.10. The van der Waals surface area contributed by atoms with E-state index in [-0.39, 0.29) is 0 Å². The van der Waals surface area contributed by atoms with Gasteiger partial charge in [0, 0.05) is 32.0 Å². The van der Waals surface area contributed by atoms with Crippen LogP contribution in [-0.4, -0.2) is 49.5 Å². The normalized spacial score (nSPS) is 18.6. The molecule has 1 saturated heterocycles. The Balaban J connectivity index is 1.86. The summed E-state index contributed by atoms with van der Waals surface area (Å²) in [5.41, 5.74) is 2.49. The highest BCUT2D eigenvalue weighted by Crippen LogP contribution is 2.20. The second kappa shape index (κ2) is 8.37. The summed E-state index contributed by atoms with van der Waals surface area (Å²) >= 11 is 0. The Kier molecular flexibility index (Phi) is 6.49. The number of anilines is 1. The number of aliphatic hydroxyl groups excluding tert-OH is 1. The van der Waals surface area contributed by atoms with Crippen LogP contribution in [0.4, 0.5) is 5.69 Å². The van der Waals surface area contributed by atoms with Crippen molar-refractivity contribution >= 4 is 5.69 Å². The van der Waals surface area contributed by atoms with Crippen LogP contribution in [0.1, 0.15) is 25.3 Å². The summed E-state index contributed by atoms with van der Waals surface area (Å²) in [7, 11) is 1.73. The molecule has 0 bridgehead atoms. The number of nitrogens with one attached hydrogen (secondary N) is 1. The molecule has 0 aliphatic carbocycles. The number of likely N-dealkylation sites (tertiary alicyclic amines) is 1. The summed E-state index contributed by atoms with van der Waals surface area (Å²) in [6.07, 6.45) is 2.22. The number of hydrogen-bond donors (Lipinski definition) is 2. The number of benzene rings is 1. The number of methoxy groups -OCH3 is 1. The van der Waals surface area contributed by atoms with E-state index in [1.165, 1.54) is 5.56 Å². The second-order valence-corrected chi connectivity index (χ2v) is 6.10. The summed E-state index contributed by atoms with van der Waals surface area (Å²) in [6, 6.07) is 8.94. The van der Waals surface area contributed by atoms with Crippen molar-refractivity contribution in [2.75, 3.05) is 38.7 Å². The molecule has 1 aliphatic rings. The molecule has 2 rings (SSSR count). The van der Waals surface area contributed by atoms with E-state index in [1.54, 1.807) is 7.11 Å². The van der Waals surface area contributed by atoms with Crippen molar-refractivity contribution in [3.63, 3.8) is 0 Å². The Morgan fingerprint density at radius 2 is 2.14 bits per heavy atom. The Morgan fingerprint density at radius 3 is 2.81 bits per heavy atom. The lowest BCUT2D eigenvalue weighted by molar-refractivity contribution is 0.127. The summed E-state index contributed by atoms with van der Waals surface area (Å²) in [5.74, 6) is 0.504. The first-order valence-electron chi connectivity index (χ1n) is 7.89. The average Bonchev–Trinajstić information content (AvgIpc) is 2.48. The van der Waals surface area contributed by atoms with Gasteiger partial charge >= 0.3 is 0 Å². The molecule has 1 aromatic rings. The first-order chi connectivity index (χ1) is 10.2. The molecular formula is C17H28N2O2. The largest absolute Gasteiger partial charge is 0.396 e. The van der Waals surface area contributed by atoms with E-state index in [2.05, 4.69) is 41.4 Å². The van der Waals surface area contributed by atoms with Crippen LogP contribution in [0.2, 0.25) is 0 Å². The van der Waals surface area contributed by atoms with E-state index >= 15 is 0 Å². The first kappa shape index (κ1) is 16.3. The number of ether oxygens (including phenoxy) is 1. The summed E-state index contributed by atoms with van der Waals surface area (Å²) < 4.78 is 5.16. The highest BCUT2D eigenvalue weighted by atomic mass is 16.5. The molecule has 118 valence electrons. The lowest BCUT2D eigenvalue weighted by Crippen LogP contribution is -2.34. The molecule has 1 atom stereocenters. The predicted molar refractivity (Wildman–Crippen MR) is 86.5 cm³/mol. The van der Waals surface area contributed by atoms with Crippen molar-refractivity contribution < 1.29 is 9.84 Å². The maximum atomic E-state index is 9.19. The van der Waals surface area contributed by atoms with Crippen LogP contribution < -0.4 is 5.32 Å². The van der Waals surface area contributed by atoms with Gasteiger partial charge in [0.2, 0.25) is 0 Å². The molecule has 0 amide bonds. The van der Waals surface area contributed by atoms with Crippen LogP contribution >= 0.6 is 0 Å². The van der Waals surface area contributed by atoms with Gasteiger partial charge in [-0.25, -0.2) is 0 Å². The molecule has 4 nitrogen and oxygen atoms in total. The molecule has 0 aromatic heterocycles. The minimum absolute atomic E-state index is 0.311. The Labute approximate surface area is 128 Å². The zero-order valence-corrected chi connectivity index (χ0v) is 13.2. The maximum Gasteiger partial charge on any atom is 0.0661 e. The highest BCUT2D eigenvalue weighted by Gasteiger charge is 2.18. The molecule has 2 N–H and O–H groups in total. The SMILES string of the molecule is COCC(C)Nc1cccc(CN2CCC(CO)CC2)c1. The van der Waals surface area contributed by atoms with E-state index < -0.39 is 0 Å². The van der Waals surface area contributed by atoms with Gasteiger partial charge < -0.3 is 15.2 Å². The zero-order valence-electron chi connectivity index (χ0n) is 13.2. The van der Waals surface area contributed by atoms with E-state index in [1.807, 2.05) is 0 Å². The van der Waals surface area contributed by atoms with Crippen LogP contribution in [0.25, 0.3) is 0 Å². The third kappa shape index (κ3) is 5.30. The van der Waals surface area contributed by atoms with Crippen molar-refractivity contribution in [2.24, 2.45) is 5.92 Å². The standard InChI is InChI=1S/C17H28N2O2/c1-14(13-21-2)18-17-5-3-4-16(10-17)11-19-8-6-15(12-20)7-9-19/h3-5,10,14-15,18,20H,6-9,11-13H2,1-2H3. The van der Waals surface area contributed by atoms with Gasteiger partial charge in [0.15, 0.2) is 0 Å². The molecule has 1 aromatic carbocycles. The third-order valence-electron chi connectivity index (χ3n) is 4.13. The fraction of sp³-hybridized carbons (Fsp3) is 0.647. The molecule has 1 aliphatic heterocycles. The van der Waals surface area contributed by atoms with Crippen LogP contribution in [0.5, 0.6) is 0 Å². The molecule has 21 heavy (non-hydrogen) atoms. The van der Waals surface area contributed by atoms with Gasteiger partial charge in [0.25, 0.3) is 0 Å². The van der Waals surface area contributed by atoms with E-state index in [9.17, 15) is 5.11 Å². The van der Waals surface area contributed by atoms with Crippen LogP contribution in [0.15, 0.2) is 24.3 Å². The topological polar surface area (TPSA) is 44.7 Å². The average molecular weight is 292 g/mol. The van der Waals surface area contributed by atoms with Crippen LogP contribution in [0.3, 0.4) is 0 Å². The Bertz CT molecular complexity index is 417. The van der Waals surface area contributed by atoms with Gasteiger partial charge in [-0.3, -0.25) is 4.90 Å². The highest BCUT2D eigenvalue weighted by molar-refractivity contribution is 5.46. The lowest BCUT2D eigenvalue weighted by Gasteiger charge is -2.31. The Hall–Kier alpha value is -1.10. The minimum atomic E-state index is 0.311. The molecule has 0 radical (unpaired) electrons. The molecule has 0 saturated carbocycles. The molecule has 4 heteroatoms. The van der Waals surface area contributed by atoms with Crippen molar-refractivity contribution in [2.45, 2.75) is 32.4 Å². The fourth-order valence-corrected chi connectivity index (χ4v) is 2.92. The van der Waals surface area contributed by atoms with Crippen molar-refractivity contribution in [3.8, 4) is 0 Å². The third-order valence-corrected chi connectivity index (χ3v) is 4.13. The smallest absolute Gasteiger partial charge is 0.0661 e. The van der Waals surface area contributed by atoms with E-state index in [0.29, 0.717) is 25.2 Å². The van der Waals surface area contributed by atoms with Gasteiger partial charge in [0.05, 0.1) is 6.61 Å². The Morgan fingerprint density at radius 1 is 1.38 bits per heavy atom. The fourth-order valence-electron chi connectivity index (χ4n) is 2.92. The van der Waals surface area contributed by atoms with Gasteiger partial charge in [-0.15, -0.1) is 0 Å². The minimum Gasteiger partial charge on any atom is -0.396 e. The summed E-state index contributed by atoms with van der Waals surface area (Å²) in [6.45, 7) is 6.33. The lowest BCUT2D eigenvalue weighted by atomic mass is 9.97. The predicted octanol–water partition coefficient (Wildman–Crippen LogP) is 2.34. The molecule has 1 fully saturated rings. The molecule has 0 spiro atoms.